The number of carbonyl (C=O) groups excluding carboxylic acids is 1. The van der Waals surface area contributed by atoms with E-state index in [0.717, 1.165) is 25.7 Å². The Hall–Kier alpha value is -0.570. The highest BCUT2D eigenvalue weighted by molar-refractivity contribution is 5.77. The molecule has 3 fully saturated rings. The van der Waals surface area contributed by atoms with Crippen molar-refractivity contribution in [2.75, 3.05) is 0 Å². The molecule has 0 aromatic carbocycles. The van der Waals surface area contributed by atoms with Gasteiger partial charge < -0.3 is 9.47 Å². The van der Waals surface area contributed by atoms with Crippen molar-refractivity contribution in [2.45, 2.75) is 77.1 Å². The van der Waals surface area contributed by atoms with Gasteiger partial charge in [0.15, 0.2) is 0 Å². The molecule has 0 amide bonds. The number of esters is 1. The van der Waals surface area contributed by atoms with Crippen LogP contribution >= 0.6 is 0 Å². The van der Waals surface area contributed by atoms with Gasteiger partial charge in [-0.2, -0.15) is 0 Å². The van der Waals surface area contributed by atoms with E-state index in [1.54, 1.807) is 0 Å². The summed E-state index contributed by atoms with van der Waals surface area (Å²) in [6.07, 6.45) is 8.47. The van der Waals surface area contributed by atoms with Gasteiger partial charge in [0.1, 0.15) is 6.10 Å². The third-order valence-corrected chi connectivity index (χ3v) is 5.10. The topological polar surface area (TPSA) is 38.8 Å². The van der Waals surface area contributed by atoms with E-state index >= 15 is 0 Å². The van der Waals surface area contributed by atoms with E-state index < -0.39 is 0 Å². The van der Waals surface area contributed by atoms with Crippen LogP contribution in [-0.2, 0) is 14.3 Å². The first-order valence-electron chi connectivity index (χ1n) is 7.45. The Morgan fingerprint density at radius 1 is 1.22 bits per heavy atom. The fraction of sp³-hybridized carbons (Fsp3) is 0.933. The Morgan fingerprint density at radius 3 is 2.72 bits per heavy atom. The molecule has 0 spiro atoms. The number of fused-ring (bicyclic) bond motifs is 1. The minimum Gasteiger partial charge on any atom is -0.462 e. The highest BCUT2D eigenvalue weighted by atomic mass is 16.6. The summed E-state index contributed by atoms with van der Waals surface area (Å²) in [6, 6.07) is 0. The van der Waals surface area contributed by atoms with Crippen LogP contribution in [0.15, 0.2) is 0 Å². The van der Waals surface area contributed by atoms with Crippen LogP contribution in [0.1, 0.15) is 58.8 Å². The molecule has 1 heterocycles. The van der Waals surface area contributed by atoms with Crippen molar-refractivity contribution < 1.29 is 14.3 Å². The number of hydrogen-bond acceptors (Lipinski definition) is 3. The molecule has 2 aliphatic carbocycles. The minimum atomic E-state index is -0.297. The zero-order valence-electron chi connectivity index (χ0n) is 11.5. The average molecular weight is 252 g/mol. The van der Waals surface area contributed by atoms with Gasteiger partial charge in [0.2, 0.25) is 0 Å². The Morgan fingerprint density at radius 2 is 2.00 bits per heavy atom. The molecule has 0 radical (unpaired) electrons. The summed E-state index contributed by atoms with van der Waals surface area (Å²) in [5, 5.41) is 0. The molecule has 5 unspecified atom stereocenters. The highest BCUT2D eigenvalue weighted by Gasteiger charge is 2.52. The van der Waals surface area contributed by atoms with E-state index in [1.807, 2.05) is 0 Å². The molecule has 0 aromatic rings. The van der Waals surface area contributed by atoms with Crippen molar-refractivity contribution in [3.05, 3.63) is 0 Å². The van der Waals surface area contributed by atoms with Crippen LogP contribution in [0.5, 0.6) is 0 Å². The van der Waals surface area contributed by atoms with E-state index in [1.165, 1.54) is 19.3 Å². The Bertz CT molecular complexity index is 341. The van der Waals surface area contributed by atoms with E-state index in [0.29, 0.717) is 18.1 Å². The molecule has 2 saturated carbocycles. The normalized spacial score (nSPS) is 47.2. The average Bonchev–Trinajstić information content (AvgIpc) is 3.10. The highest BCUT2D eigenvalue weighted by Crippen LogP contribution is 2.47. The van der Waals surface area contributed by atoms with Gasteiger partial charge in [0.25, 0.3) is 0 Å². The first kappa shape index (κ1) is 12.5. The molecule has 5 atom stereocenters. The third-order valence-electron chi connectivity index (χ3n) is 5.10. The van der Waals surface area contributed by atoms with Crippen molar-refractivity contribution in [1.29, 1.82) is 0 Å². The van der Waals surface area contributed by atoms with E-state index in [4.69, 9.17) is 9.47 Å². The predicted octanol–water partition coefficient (Wildman–Crippen LogP) is 3.07. The lowest BCUT2D eigenvalue weighted by Gasteiger charge is -2.34. The van der Waals surface area contributed by atoms with Crippen molar-refractivity contribution in [3.63, 3.8) is 0 Å². The molecule has 102 valence electrons. The number of hydrogen-bond donors (Lipinski definition) is 0. The van der Waals surface area contributed by atoms with Crippen molar-refractivity contribution in [2.24, 2.45) is 11.3 Å². The van der Waals surface area contributed by atoms with Gasteiger partial charge in [-0.05, 0) is 51.4 Å². The van der Waals surface area contributed by atoms with Gasteiger partial charge >= 0.3 is 5.97 Å². The molecule has 3 nitrogen and oxygen atoms in total. The summed E-state index contributed by atoms with van der Waals surface area (Å²) in [6.45, 7) is 4.26. The molecular weight excluding hydrogens is 228 g/mol. The maximum absolute atomic E-state index is 12.4. The zero-order valence-corrected chi connectivity index (χ0v) is 11.5. The van der Waals surface area contributed by atoms with Gasteiger partial charge in [-0.3, -0.25) is 4.79 Å². The summed E-state index contributed by atoms with van der Waals surface area (Å²) < 4.78 is 11.3. The Balaban J connectivity index is 1.59. The van der Waals surface area contributed by atoms with Gasteiger partial charge in [-0.25, -0.2) is 0 Å². The van der Waals surface area contributed by atoms with Crippen LogP contribution in [-0.4, -0.2) is 24.3 Å². The molecule has 3 heteroatoms. The first-order chi connectivity index (χ1) is 8.58. The van der Waals surface area contributed by atoms with Crippen LogP contribution in [0.4, 0.5) is 0 Å². The van der Waals surface area contributed by atoms with Gasteiger partial charge in [0.05, 0.1) is 17.6 Å². The second-order valence-electron chi connectivity index (χ2n) is 6.72. The molecule has 1 saturated heterocycles. The monoisotopic (exact) mass is 252 g/mol. The number of rotatable bonds is 2. The quantitative estimate of drug-likeness (QED) is 0.560. The summed E-state index contributed by atoms with van der Waals surface area (Å²) >= 11 is 0. The van der Waals surface area contributed by atoms with Crippen molar-refractivity contribution in [3.8, 4) is 0 Å². The molecule has 0 aromatic heterocycles. The summed E-state index contributed by atoms with van der Waals surface area (Å²) in [5.41, 5.74) is -0.297. The lowest BCUT2D eigenvalue weighted by molar-refractivity contribution is -0.166. The summed E-state index contributed by atoms with van der Waals surface area (Å²) in [7, 11) is 0. The Kier molecular flexibility index (Phi) is 3.13. The van der Waals surface area contributed by atoms with E-state index in [-0.39, 0.29) is 17.5 Å². The van der Waals surface area contributed by atoms with Crippen LogP contribution < -0.4 is 0 Å². The Labute approximate surface area is 109 Å². The molecule has 1 aliphatic heterocycles. The molecule has 3 aliphatic rings. The van der Waals surface area contributed by atoms with Crippen molar-refractivity contribution >= 4 is 5.97 Å². The van der Waals surface area contributed by atoms with Crippen molar-refractivity contribution in [1.82, 2.24) is 0 Å². The third kappa shape index (κ3) is 2.29. The predicted molar refractivity (Wildman–Crippen MR) is 68.1 cm³/mol. The summed E-state index contributed by atoms with van der Waals surface area (Å²) in [5.74, 6) is 0.551. The second-order valence-corrected chi connectivity index (χ2v) is 6.72. The van der Waals surface area contributed by atoms with Crippen LogP contribution in [0.3, 0.4) is 0 Å². The van der Waals surface area contributed by atoms with Gasteiger partial charge in [-0.15, -0.1) is 0 Å². The van der Waals surface area contributed by atoms with Crippen LogP contribution in [0.2, 0.25) is 0 Å². The summed E-state index contributed by atoms with van der Waals surface area (Å²) in [4.78, 5) is 12.4. The van der Waals surface area contributed by atoms with Gasteiger partial charge in [0, 0.05) is 0 Å². The molecule has 0 bridgehead atoms. The smallest absolute Gasteiger partial charge is 0.312 e. The zero-order chi connectivity index (χ0) is 12.8. The number of ether oxygens (including phenoxy) is 2. The molecule has 3 rings (SSSR count). The largest absolute Gasteiger partial charge is 0.462 e. The maximum atomic E-state index is 12.4. The standard InChI is InChI=1S/C15H24O3/c1-10-5-3-4-6-11(10)18-14(16)15(2)8-7-12-13(9-15)17-12/h10-13H,3-9H2,1-2H3. The van der Waals surface area contributed by atoms with Crippen LogP contribution in [0.25, 0.3) is 0 Å². The first-order valence-corrected chi connectivity index (χ1v) is 7.45. The second kappa shape index (κ2) is 4.52. The van der Waals surface area contributed by atoms with Crippen LogP contribution in [0, 0.1) is 11.3 Å². The van der Waals surface area contributed by atoms with E-state index in [2.05, 4.69) is 13.8 Å². The molecule has 0 N–H and O–H groups in total. The SMILES string of the molecule is CC1CCCCC1OC(=O)C1(C)CCC2OC2C1. The van der Waals surface area contributed by atoms with E-state index in [9.17, 15) is 4.79 Å². The fourth-order valence-corrected chi connectivity index (χ4v) is 3.54. The minimum absolute atomic E-state index is 0.0233. The molecule has 18 heavy (non-hydrogen) atoms. The fourth-order valence-electron chi connectivity index (χ4n) is 3.54. The lowest BCUT2D eigenvalue weighted by Crippen LogP contribution is -2.39. The number of carbonyl (C=O) groups is 1. The maximum Gasteiger partial charge on any atom is 0.312 e. The lowest BCUT2D eigenvalue weighted by atomic mass is 9.75. The molecular formula is C15H24O3. The van der Waals surface area contributed by atoms with Gasteiger partial charge in [-0.1, -0.05) is 13.3 Å². The number of epoxide rings is 1.